The summed E-state index contributed by atoms with van der Waals surface area (Å²) in [5.41, 5.74) is 5.86. The number of methoxy groups -OCH3 is 2. The van der Waals surface area contributed by atoms with Crippen LogP contribution in [0.4, 0.5) is 13.2 Å². The van der Waals surface area contributed by atoms with Crippen LogP contribution in [0.3, 0.4) is 0 Å². The van der Waals surface area contributed by atoms with E-state index in [-0.39, 0.29) is 43.2 Å². The summed E-state index contributed by atoms with van der Waals surface area (Å²) >= 11 is 0. The van der Waals surface area contributed by atoms with Crippen molar-refractivity contribution in [2.24, 2.45) is 0 Å². The molecule has 0 spiro atoms. The number of aromatic nitrogens is 2. The number of hydrogen-bond acceptors (Lipinski definition) is 8. The molecule has 15 heteroatoms. The number of amides is 2. The topological polar surface area (TPSA) is 167 Å². The van der Waals surface area contributed by atoms with Gasteiger partial charge in [0.15, 0.2) is 11.6 Å². The van der Waals surface area contributed by atoms with Gasteiger partial charge in [-0.2, -0.15) is 0 Å². The van der Waals surface area contributed by atoms with E-state index in [1.54, 1.807) is 69.1 Å². The van der Waals surface area contributed by atoms with Gasteiger partial charge in [0.05, 0.1) is 74.0 Å². The van der Waals surface area contributed by atoms with Crippen molar-refractivity contribution in [3.8, 4) is 46.7 Å². The first-order valence-corrected chi connectivity index (χ1v) is 24.1. The van der Waals surface area contributed by atoms with Gasteiger partial charge in [0, 0.05) is 51.4 Å². The first kappa shape index (κ1) is 54.2. The van der Waals surface area contributed by atoms with Crippen LogP contribution < -0.4 is 29.6 Å². The number of hydrogen-bond donors (Lipinski definition) is 6. The average molecular weight is 1020 g/mol. The average Bonchev–Trinajstić information content (AvgIpc) is 3.99. The minimum Gasteiger partial charge on any atom is -0.495 e. The molecule has 2 unspecified atom stereocenters. The number of para-hydroxylation sites is 2. The van der Waals surface area contributed by atoms with Gasteiger partial charge in [0.25, 0.3) is 11.8 Å². The molecule has 6 N–H and O–H groups in total. The molecule has 0 saturated carbocycles. The molecule has 0 saturated heterocycles. The zero-order valence-corrected chi connectivity index (χ0v) is 42.2. The molecule has 0 fully saturated rings. The number of aliphatic hydroxyl groups excluding tert-OH is 2. The number of H-pyrrole nitrogens is 2. The van der Waals surface area contributed by atoms with Crippen LogP contribution in [0.2, 0.25) is 0 Å². The SMILES string of the molecule is COc1ccccc1C#Cc1ccc(OC(C)C)c(C(=O)NC(CO)Cc2c[nH]c3cc(F)c(F)cc23)c1.COc1ccccc1C#Cc1ccc(OC(C)C)c(C(=O)NC(CO)Cc2c[nH]c3ccc(F)cc23)c1. The van der Waals surface area contributed by atoms with E-state index in [9.17, 15) is 33.0 Å². The van der Waals surface area contributed by atoms with Gasteiger partial charge in [-0.3, -0.25) is 9.59 Å². The molecule has 12 nitrogen and oxygen atoms in total. The van der Waals surface area contributed by atoms with E-state index in [0.717, 1.165) is 28.8 Å². The van der Waals surface area contributed by atoms with Crippen LogP contribution in [-0.2, 0) is 12.8 Å². The number of carbonyl (C=O) groups is 2. The van der Waals surface area contributed by atoms with Gasteiger partial charge in [-0.05, 0) is 137 Å². The van der Waals surface area contributed by atoms with Gasteiger partial charge in [-0.15, -0.1) is 0 Å². The second-order valence-corrected chi connectivity index (χ2v) is 17.9. The van der Waals surface area contributed by atoms with Gasteiger partial charge in [-0.1, -0.05) is 47.9 Å². The molecular weight excluding hydrogens is 962 g/mol. The third-order valence-electron chi connectivity index (χ3n) is 11.7. The predicted molar refractivity (Wildman–Crippen MR) is 283 cm³/mol. The summed E-state index contributed by atoms with van der Waals surface area (Å²) < 4.78 is 63.6. The van der Waals surface area contributed by atoms with E-state index in [1.807, 2.05) is 76.2 Å². The van der Waals surface area contributed by atoms with Crippen molar-refractivity contribution in [1.82, 2.24) is 20.6 Å². The lowest BCUT2D eigenvalue weighted by Gasteiger charge is -2.19. The minimum atomic E-state index is -0.968. The third-order valence-corrected chi connectivity index (χ3v) is 11.7. The molecule has 8 aromatic rings. The zero-order valence-electron chi connectivity index (χ0n) is 42.2. The van der Waals surface area contributed by atoms with Gasteiger partial charge >= 0.3 is 0 Å². The molecule has 2 aromatic heterocycles. The number of ether oxygens (including phenoxy) is 4. The Morgan fingerprint density at radius 1 is 0.547 bits per heavy atom. The van der Waals surface area contributed by atoms with E-state index in [4.69, 9.17) is 18.9 Å². The minimum absolute atomic E-state index is 0.146. The van der Waals surface area contributed by atoms with E-state index in [1.165, 1.54) is 12.1 Å². The highest BCUT2D eigenvalue weighted by Crippen LogP contribution is 2.27. The van der Waals surface area contributed by atoms with Crippen molar-refractivity contribution in [3.63, 3.8) is 0 Å². The van der Waals surface area contributed by atoms with Crippen molar-refractivity contribution < 1.29 is 51.9 Å². The number of benzene rings is 6. The number of nitrogens with one attached hydrogen (secondary N) is 4. The molecule has 0 aliphatic carbocycles. The first-order valence-electron chi connectivity index (χ1n) is 24.1. The van der Waals surface area contributed by atoms with Crippen molar-refractivity contribution in [3.05, 3.63) is 190 Å². The van der Waals surface area contributed by atoms with E-state index >= 15 is 0 Å². The predicted octanol–water partition coefficient (Wildman–Crippen LogP) is 9.81. The molecule has 2 atom stereocenters. The molecule has 0 aliphatic heterocycles. The lowest BCUT2D eigenvalue weighted by molar-refractivity contribution is 0.0902. The van der Waals surface area contributed by atoms with Crippen LogP contribution in [-0.4, -0.2) is 83.7 Å². The Bertz CT molecular complexity index is 3440. The number of fused-ring (bicyclic) bond motifs is 2. The maximum atomic E-state index is 13.8. The standard InChI is InChI=1S/C30H28F2N2O4.C30H29FN2O4/c1-18(2)38-29-11-9-19(8-10-20-6-4-5-7-28(20)37-3)12-24(29)30(36)34-22(17-35)13-21-16-33-27-15-26(32)25(31)14-23(21)27;1-19(2)37-29-13-9-20(8-10-21-6-4-5-7-28(21)36-3)14-26(29)30(35)33-24(18-34)15-22-17-32-27-12-11-23(31)16-25(22)27/h4-7,9,11-12,14-16,18,22,33,35H,13,17H2,1-3H3,(H,34,36);4-7,9,11-14,16-17,19,24,32,34H,15,18H2,1-3H3,(H,33,35). The highest BCUT2D eigenvalue weighted by molar-refractivity contribution is 5.98. The van der Waals surface area contributed by atoms with Crippen LogP contribution in [0.15, 0.2) is 128 Å². The number of halogens is 3. The molecule has 0 radical (unpaired) electrons. The second kappa shape index (κ2) is 25.3. The molecule has 0 aliphatic rings. The van der Waals surface area contributed by atoms with Crippen molar-refractivity contribution >= 4 is 33.6 Å². The molecular formula is C60H57F3N4O8. The summed E-state index contributed by atoms with van der Waals surface area (Å²) in [6.45, 7) is 6.81. The summed E-state index contributed by atoms with van der Waals surface area (Å²) in [4.78, 5) is 32.7. The Morgan fingerprint density at radius 3 is 1.47 bits per heavy atom. The monoisotopic (exact) mass is 1020 g/mol. The molecule has 75 heavy (non-hydrogen) atoms. The fourth-order valence-corrected chi connectivity index (χ4v) is 8.10. The molecule has 8 rings (SSSR count). The summed E-state index contributed by atoms with van der Waals surface area (Å²) in [6, 6.07) is 30.5. The van der Waals surface area contributed by atoms with Crippen LogP contribution >= 0.6 is 0 Å². The maximum absolute atomic E-state index is 13.8. The van der Waals surface area contributed by atoms with Gasteiger partial charge < -0.3 is 49.8 Å². The van der Waals surface area contributed by atoms with E-state index in [2.05, 4.69) is 44.3 Å². The van der Waals surface area contributed by atoms with Crippen LogP contribution in [0.25, 0.3) is 21.8 Å². The lowest BCUT2D eigenvalue weighted by Crippen LogP contribution is -2.39. The number of aliphatic hydroxyl groups is 2. The summed E-state index contributed by atoms with van der Waals surface area (Å²) in [5.74, 6) is 11.3. The van der Waals surface area contributed by atoms with E-state index in [0.29, 0.717) is 73.5 Å². The Labute approximate surface area is 433 Å². The summed E-state index contributed by atoms with van der Waals surface area (Å²) in [7, 11) is 3.16. The van der Waals surface area contributed by atoms with Gasteiger partial charge in [-0.25, -0.2) is 13.2 Å². The van der Waals surface area contributed by atoms with Gasteiger partial charge in [0.2, 0.25) is 0 Å². The van der Waals surface area contributed by atoms with Crippen LogP contribution in [0.5, 0.6) is 23.0 Å². The molecule has 2 heterocycles. The fourth-order valence-electron chi connectivity index (χ4n) is 8.10. The Kier molecular flexibility index (Phi) is 18.3. The third kappa shape index (κ3) is 14.1. The normalized spacial score (nSPS) is 11.6. The van der Waals surface area contributed by atoms with Crippen LogP contribution in [0, 0.1) is 41.1 Å². The Morgan fingerprint density at radius 2 is 1.00 bits per heavy atom. The van der Waals surface area contributed by atoms with Gasteiger partial charge in [0.1, 0.15) is 28.8 Å². The smallest absolute Gasteiger partial charge is 0.255 e. The van der Waals surface area contributed by atoms with E-state index < -0.39 is 35.5 Å². The Balaban J connectivity index is 0.000000219. The molecule has 0 bridgehead atoms. The number of aromatic amines is 2. The Hall–Kier alpha value is -8.63. The van der Waals surface area contributed by atoms with Crippen molar-refractivity contribution in [1.29, 1.82) is 0 Å². The lowest BCUT2D eigenvalue weighted by atomic mass is 10.0. The van der Waals surface area contributed by atoms with Crippen molar-refractivity contribution in [2.45, 2.75) is 64.8 Å². The largest absolute Gasteiger partial charge is 0.495 e. The highest BCUT2D eigenvalue weighted by atomic mass is 19.2. The maximum Gasteiger partial charge on any atom is 0.255 e. The number of carbonyl (C=O) groups excluding carboxylic acids is 2. The quantitative estimate of drug-likeness (QED) is 0.0521. The first-order chi connectivity index (χ1) is 36.2. The number of rotatable bonds is 16. The summed E-state index contributed by atoms with van der Waals surface area (Å²) in [6.07, 6.45) is 3.56. The molecule has 6 aromatic carbocycles. The second-order valence-electron chi connectivity index (χ2n) is 17.9. The molecule has 2 amide bonds. The fraction of sp³-hybridized carbons (Fsp3) is 0.233. The summed E-state index contributed by atoms with van der Waals surface area (Å²) in [5, 5.41) is 26.9. The zero-order chi connectivity index (χ0) is 53.6. The van der Waals surface area contributed by atoms with Crippen molar-refractivity contribution in [2.75, 3.05) is 27.4 Å². The highest BCUT2D eigenvalue weighted by Gasteiger charge is 2.22. The van der Waals surface area contributed by atoms with Crippen LogP contribution in [0.1, 0.15) is 81.8 Å². The molecule has 386 valence electrons.